The van der Waals surface area contributed by atoms with E-state index in [9.17, 15) is 15.8 Å². The van der Waals surface area contributed by atoms with Crippen LogP contribution in [0.2, 0.25) is 0 Å². The van der Waals surface area contributed by atoms with E-state index in [4.69, 9.17) is 5.73 Å². The normalized spacial score (nSPS) is 9.21. The Morgan fingerprint density at radius 3 is 2.42 bits per heavy atom. The number of nitrogens with zero attached hydrogens (tertiary/aromatic N) is 3. The number of benzene rings is 1. The lowest BCUT2D eigenvalue weighted by atomic mass is 9.98. The van der Waals surface area contributed by atoms with Gasteiger partial charge >= 0.3 is 0 Å². The standard InChI is InChI=1S/C18H13N5S/c1-2-8-23-18-14(11-21)16(22)17(24-18)15(13(9-19)10-20)12-6-4-3-5-7-12/h2-7,23H,1,8,22H2. The van der Waals surface area contributed by atoms with Gasteiger partial charge in [0.15, 0.2) is 0 Å². The van der Waals surface area contributed by atoms with Gasteiger partial charge in [0.05, 0.1) is 10.6 Å². The van der Waals surface area contributed by atoms with Crippen LogP contribution in [0.15, 0.2) is 48.6 Å². The van der Waals surface area contributed by atoms with Crippen LogP contribution >= 0.6 is 11.3 Å². The first-order valence-electron chi connectivity index (χ1n) is 6.95. The van der Waals surface area contributed by atoms with Crippen molar-refractivity contribution in [2.75, 3.05) is 17.6 Å². The van der Waals surface area contributed by atoms with Crippen LogP contribution in [-0.4, -0.2) is 6.54 Å². The fourth-order valence-corrected chi connectivity index (χ4v) is 3.31. The van der Waals surface area contributed by atoms with Crippen LogP contribution in [0.5, 0.6) is 0 Å². The monoisotopic (exact) mass is 331 g/mol. The molecule has 1 heterocycles. The highest BCUT2D eigenvalue weighted by molar-refractivity contribution is 7.18. The molecule has 0 amide bonds. The number of nitrogen functional groups attached to an aromatic ring is 1. The van der Waals surface area contributed by atoms with E-state index in [0.29, 0.717) is 33.1 Å². The average molecular weight is 331 g/mol. The van der Waals surface area contributed by atoms with Crippen molar-refractivity contribution >= 4 is 27.6 Å². The first-order valence-corrected chi connectivity index (χ1v) is 7.76. The molecule has 1 aromatic heterocycles. The molecule has 116 valence electrons. The van der Waals surface area contributed by atoms with E-state index in [1.807, 2.05) is 30.3 Å². The molecule has 0 saturated heterocycles. The highest BCUT2D eigenvalue weighted by atomic mass is 32.1. The number of rotatable bonds is 5. The molecule has 0 radical (unpaired) electrons. The lowest BCUT2D eigenvalue weighted by Gasteiger charge is -2.07. The molecule has 5 nitrogen and oxygen atoms in total. The number of allylic oxidation sites excluding steroid dienone is 1. The fraction of sp³-hybridized carbons (Fsp3) is 0.0556. The predicted molar refractivity (Wildman–Crippen MR) is 95.8 cm³/mol. The van der Waals surface area contributed by atoms with Gasteiger partial charge in [0, 0.05) is 12.1 Å². The van der Waals surface area contributed by atoms with E-state index >= 15 is 0 Å². The van der Waals surface area contributed by atoms with Gasteiger partial charge in [-0.3, -0.25) is 0 Å². The molecular formula is C18H13N5S. The van der Waals surface area contributed by atoms with Crippen molar-refractivity contribution in [1.82, 2.24) is 0 Å². The predicted octanol–water partition coefficient (Wildman–Crippen LogP) is 3.65. The fourth-order valence-electron chi connectivity index (χ4n) is 2.16. The summed E-state index contributed by atoms with van der Waals surface area (Å²) in [6.07, 6.45) is 1.67. The molecule has 24 heavy (non-hydrogen) atoms. The number of nitrogens with one attached hydrogen (secondary N) is 1. The summed E-state index contributed by atoms with van der Waals surface area (Å²) in [6.45, 7) is 4.10. The molecule has 2 rings (SSSR count). The number of nitriles is 3. The third-order valence-electron chi connectivity index (χ3n) is 3.23. The van der Waals surface area contributed by atoms with Gasteiger partial charge in [-0.05, 0) is 5.56 Å². The van der Waals surface area contributed by atoms with Gasteiger partial charge < -0.3 is 11.1 Å². The Hall–Kier alpha value is -3.53. The second kappa shape index (κ2) is 7.65. The van der Waals surface area contributed by atoms with Gasteiger partial charge in [-0.1, -0.05) is 36.4 Å². The molecule has 0 atom stereocenters. The van der Waals surface area contributed by atoms with Crippen molar-refractivity contribution in [2.45, 2.75) is 0 Å². The maximum Gasteiger partial charge on any atom is 0.138 e. The molecule has 0 bridgehead atoms. The van der Waals surface area contributed by atoms with Crippen molar-refractivity contribution in [1.29, 1.82) is 15.8 Å². The van der Waals surface area contributed by atoms with Crippen LogP contribution in [-0.2, 0) is 0 Å². The molecule has 0 aliphatic rings. The van der Waals surface area contributed by atoms with E-state index in [2.05, 4.69) is 18.0 Å². The summed E-state index contributed by atoms with van der Waals surface area (Å²) in [6, 6.07) is 15.0. The molecular weight excluding hydrogens is 318 g/mol. The summed E-state index contributed by atoms with van der Waals surface area (Å²) in [5, 5.41) is 31.7. The first-order chi connectivity index (χ1) is 11.7. The summed E-state index contributed by atoms with van der Waals surface area (Å²) in [7, 11) is 0. The van der Waals surface area contributed by atoms with Gasteiger partial charge in [-0.2, -0.15) is 15.8 Å². The molecule has 1 aromatic carbocycles. The van der Waals surface area contributed by atoms with Gasteiger partial charge in [0.1, 0.15) is 34.3 Å². The van der Waals surface area contributed by atoms with Crippen LogP contribution in [0.3, 0.4) is 0 Å². The van der Waals surface area contributed by atoms with Crippen molar-refractivity contribution in [3.63, 3.8) is 0 Å². The van der Waals surface area contributed by atoms with E-state index in [0.717, 1.165) is 0 Å². The zero-order chi connectivity index (χ0) is 17.5. The Kier molecular flexibility index (Phi) is 5.36. The zero-order valence-corrected chi connectivity index (χ0v) is 13.5. The Balaban J connectivity index is 2.75. The average Bonchev–Trinajstić information content (AvgIpc) is 2.93. The van der Waals surface area contributed by atoms with E-state index in [1.54, 1.807) is 18.2 Å². The Morgan fingerprint density at radius 1 is 1.21 bits per heavy atom. The van der Waals surface area contributed by atoms with E-state index < -0.39 is 0 Å². The lowest BCUT2D eigenvalue weighted by Crippen LogP contribution is -1.98. The lowest BCUT2D eigenvalue weighted by molar-refractivity contribution is 1.36. The molecule has 0 aliphatic heterocycles. The van der Waals surface area contributed by atoms with Gasteiger partial charge in [-0.25, -0.2) is 0 Å². The highest BCUT2D eigenvalue weighted by Crippen LogP contribution is 2.42. The largest absolute Gasteiger partial charge is 0.396 e. The zero-order valence-electron chi connectivity index (χ0n) is 12.7. The Bertz CT molecular complexity index is 901. The van der Waals surface area contributed by atoms with Crippen molar-refractivity contribution in [2.24, 2.45) is 0 Å². The van der Waals surface area contributed by atoms with Crippen LogP contribution in [0.1, 0.15) is 16.0 Å². The summed E-state index contributed by atoms with van der Waals surface area (Å²) < 4.78 is 0. The molecule has 0 spiro atoms. The second-order valence-corrected chi connectivity index (χ2v) is 5.69. The van der Waals surface area contributed by atoms with Crippen LogP contribution in [0.25, 0.3) is 5.57 Å². The number of hydrogen-bond acceptors (Lipinski definition) is 6. The SMILES string of the molecule is C=CCNc1sc(C(=C(C#N)C#N)c2ccccc2)c(N)c1C#N. The van der Waals surface area contributed by atoms with Gasteiger partial charge in [0.25, 0.3) is 0 Å². The van der Waals surface area contributed by atoms with E-state index in [-0.39, 0.29) is 11.3 Å². The van der Waals surface area contributed by atoms with Crippen molar-refractivity contribution in [3.8, 4) is 18.2 Å². The Morgan fingerprint density at radius 2 is 1.88 bits per heavy atom. The summed E-state index contributed by atoms with van der Waals surface area (Å²) >= 11 is 1.25. The number of hydrogen-bond donors (Lipinski definition) is 2. The molecule has 0 saturated carbocycles. The Labute approximate surface area is 144 Å². The highest BCUT2D eigenvalue weighted by Gasteiger charge is 2.22. The van der Waals surface area contributed by atoms with Gasteiger partial charge in [0.2, 0.25) is 0 Å². The van der Waals surface area contributed by atoms with Gasteiger partial charge in [-0.15, -0.1) is 17.9 Å². The molecule has 0 aliphatic carbocycles. The topological polar surface area (TPSA) is 109 Å². The minimum absolute atomic E-state index is 0.0473. The van der Waals surface area contributed by atoms with Crippen LogP contribution in [0, 0.1) is 34.0 Å². The third-order valence-corrected chi connectivity index (χ3v) is 4.41. The molecule has 2 aromatic rings. The second-order valence-electron chi connectivity index (χ2n) is 4.67. The summed E-state index contributed by atoms with van der Waals surface area (Å²) in [5.41, 5.74) is 7.79. The minimum atomic E-state index is -0.0473. The maximum atomic E-state index is 9.38. The number of thiophene rings is 1. The van der Waals surface area contributed by atoms with Crippen molar-refractivity contribution < 1.29 is 0 Å². The molecule has 0 fully saturated rings. The maximum absolute atomic E-state index is 9.38. The summed E-state index contributed by atoms with van der Waals surface area (Å²) in [4.78, 5) is 0.530. The number of nitrogens with two attached hydrogens (primary N) is 1. The number of anilines is 2. The van der Waals surface area contributed by atoms with Crippen LogP contribution in [0.4, 0.5) is 10.7 Å². The molecule has 3 N–H and O–H groups in total. The van der Waals surface area contributed by atoms with Crippen LogP contribution < -0.4 is 11.1 Å². The molecule has 0 unspecified atom stereocenters. The van der Waals surface area contributed by atoms with Crippen molar-refractivity contribution in [3.05, 3.63) is 64.6 Å². The molecule has 6 heteroatoms. The minimum Gasteiger partial charge on any atom is -0.396 e. The quantitative estimate of drug-likeness (QED) is 0.642. The smallest absolute Gasteiger partial charge is 0.138 e. The third kappa shape index (κ3) is 3.13. The summed E-state index contributed by atoms with van der Waals surface area (Å²) in [5.74, 6) is 0. The van der Waals surface area contributed by atoms with E-state index in [1.165, 1.54) is 11.3 Å². The first kappa shape index (κ1) is 16.8.